The summed E-state index contributed by atoms with van der Waals surface area (Å²) < 4.78 is 10.9. The van der Waals surface area contributed by atoms with E-state index in [1.165, 1.54) is 4.88 Å². The van der Waals surface area contributed by atoms with Gasteiger partial charge in [-0.25, -0.2) is 9.78 Å². The van der Waals surface area contributed by atoms with Gasteiger partial charge in [0.1, 0.15) is 10.4 Å². The molecule has 1 N–H and O–H groups in total. The van der Waals surface area contributed by atoms with Crippen LogP contribution >= 0.6 is 11.3 Å². The van der Waals surface area contributed by atoms with Crippen molar-refractivity contribution < 1.29 is 14.1 Å². The Hall–Kier alpha value is -2.48. The summed E-state index contributed by atoms with van der Waals surface area (Å²) in [5.41, 5.74) is 1.80. The molecule has 0 saturated heterocycles. The van der Waals surface area contributed by atoms with Crippen LogP contribution in [0.5, 0.6) is 0 Å². The van der Waals surface area contributed by atoms with Gasteiger partial charge in [-0.3, -0.25) is 4.79 Å². The van der Waals surface area contributed by atoms with E-state index in [4.69, 9.17) is 9.26 Å². The lowest BCUT2D eigenvalue weighted by molar-refractivity contribution is 0.0316. The molecule has 0 amide bonds. The number of thiophene rings is 1. The maximum absolute atomic E-state index is 12.8. The van der Waals surface area contributed by atoms with Gasteiger partial charge in [0.15, 0.2) is 17.7 Å². The molecule has 154 valence electrons. The van der Waals surface area contributed by atoms with Gasteiger partial charge in [0.05, 0.1) is 11.1 Å². The largest absolute Gasteiger partial charge is 0.451 e. The van der Waals surface area contributed by atoms with Crippen LogP contribution in [0, 0.1) is 12.8 Å². The predicted octanol–water partition coefficient (Wildman–Crippen LogP) is 4.45. The van der Waals surface area contributed by atoms with Gasteiger partial charge in [0.25, 0.3) is 5.56 Å². The van der Waals surface area contributed by atoms with Crippen molar-refractivity contribution in [3.05, 3.63) is 43.6 Å². The average molecular weight is 416 g/mol. The van der Waals surface area contributed by atoms with E-state index in [2.05, 4.69) is 22.0 Å². The molecular weight excluding hydrogens is 390 g/mol. The van der Waals surface area contributed by atoms with E-state index >= 15 is 0 Å². The van der Waals surface area contributed by atoms with E-state index in [1.54, 1.807) is 25.2 Å². The van der Waals surface area contributed by atoms with E-state index in [9.17, 15) is 9.59 Å². The highest BCUT2D eigenvalue weighted by Gasteiger charge is 2.27. The number of carbonyl (C=O) groups excluding carboxylic acids is 1. The zero-order valence-electron chi connectivity index (χ0n) is 17.3. The van der Waals surface area contributed by atoms with E-state index in [0.717, 1.165) is 29.7 Å². The topological polar surface area (TPSA) is 98.1 Å². The summed E-state index contributed by atoms with van der Waals surface area (Å²) >= 11 is 1.58. The lowest BCUT2D eigenvalue weighted by Crippen LogP contribution is -2.19. The quantitative estimate of drug-likeness (QED) is 0.632. The number of aryl methyl sites for hydroxylation is 2. The lowest BCUT2D eigenvalue weighted by Gasteiger charge is -2.17. The summed E-state index contributed by atoms with van der Waals surface area (Å²) in [5, 5.41) is 4.58. The minimum absolute atomic E-state index is 0.00293. The van der Waals surface area contributed by atoms with Crippen molar-refractivity contribution in [2.24, 2.45) is 5.92 Å². The second kappa shape index (κ2) is 7.40. The molecule has 0 aromatic carbocycles. The first-order valence-electron chi connectivity index (χ1n) is 9.97. The van der Waals surface area contributed by atoms with Crippen molar-refractivity contribution in [2.75, 3.05) is 0 Å². The molecule has 3 heterocycles. The molecule has 7 nitrogen and oxygen atoms in total. The van der Waals surface area contributed by atoms with Crippen LogP contribution in [-0.2, 0) is 17.6 Å². The first kappa shape index (κ1) is 19.8. The first-order chi connectivity index (χ1) is 13.8. The number of aromatic nitrogens is 3. The highest BCUT2D eigenvalue weighted by atomic mass is 32.1. The maximum Gasteiger partial charge on any atom is 0.344 e. The van der Waals surface area contributed by atoms with Gasteiger partial charge in [0.2, 0.25) is 0 Å². The number of ether oxygens (including phenoxy) is 1. The zero-order valence-corrected chi connectivity index (χ0v) is 18.1. The molecule has 0 spiro atoms. The Labute approximate surface area is 172 Å². The Bertz CT molecular complexity index is 1140. The Balaban J connectivity index is 1.64. The minimum Gasteiger partial charge on any atom is -0.451 e. The number of carbonyl (C=O) groups is 1. The van der Waals surface area contributed by atoms with Crippen molar-refractivity contribution in [3.63, 3.8) is 0 Å². The van der Waals surface area contributed by atoms with Crippen LogP contribution in [0.1, 0.15) is 84.2 Å². The molecule has 0 radical (unpaired) electrons. The van der Waals surface area contributed by atoms with Crippen molar-refractivity contribution in [2.45, 2.75) is 65.9 Å². The van der Waals surface area contributed by atoms with Gasteiger partial charge in [-0.05, 0) is 44.6 Å². The van der Waals surface area contributed by atoms with Gasteiger partial charge < -0.3 is 14.2 Å². The molecule has 0 bridgehead atoms. The van der Waals surface area contributed by atoms with Crippen LogP contribution in [-0.4, -0.2) is 21.1 Å². The van der Waals surface area contributed by atoms with Crippen LogP contribution in [0.4, 0.5) is 0 Å². The van der Waals surface area contributed by atoms with Crippen molar-refractivity contribution in [1.82, 2.24) is 15.1 Å². The molecule has 0 fully saturated rings. The summed E-state index contributed by atoms with van der Waals surface area (Å²) in [7, 11) is 0. The van der Waals surface area contributed by atoms with E-state index < -0.39 is 12.1 Å². The molecule has 29 heavy (non-hydrogen) atoms. The van der Waals surface area contributed by atoms with Crippen LogP contribution in [0.3, 0.4) is 0 Å². The van der Waals surface area contributed by atoms with E-state index in [1.807, 2.05) is 13.8 Å². The number of aromatic amines is 1. The van der Waals surface area contributed by atoms with Gasteiger partial charge in [-0.2, -0.15) is 0 Å². The fraction of sp³-hybridized carbons (Fsp3) is 0.524. The SMILES string of the molecule is Cc1noc(C(C)C)c1C(=O)O[C@H](C)c1nc2sc3c(c2c(=O)[nH]1)CC[C@@H](C)C3. The number of esters is 1. The molecule has 8 heteroatoms. The van der Waals surface area contributed by atoms with Crippen molar-refractivity contribution in [3.8, 4) is 0 Å². The number of nitrogens with zero attached hydrogens (tertiary/aromatic N) is 2. The van der Waals surface area contributed by atoms with Gasteiger partial charge in [-0.15, -0.1) is 11.3 Å². The Morgan fingerprint density at radius 1 is 1.34 bits per heavy atom. The first-order valence-corrected chi connectivity index (χ1v) is 10.8. The maximum atomic E-state index is 12.8. The molecule has 0 saturated carbocycles. The fourth-order valence-corrected chi connectivity index (χ4v) is 5.25. The Kier molecular flexibility index (Phi) is 5.06. The third-order valence-electron chi connectivity index (χ3n) is 5.47. The van der Waals surface area contributed by atoms with Crippen LogP contribution in [0.25, 0.3) is 10.2 Å². The number of rotatable bonds is 4. The molecule has 1 aliphatic carbocycles. The molecule has 2 atom stereocenters. The molecule has 4 rings (SSSR count). The zero-order chi connectivity index (χ0) is 20.9. The number of fused-ring (bicyclic) bond motifs is 3. The molecule has 0 unspecified atom stereocenters. The predicted molar refractivity (Wildman–Crippen MR) is 111 cm³/mol. The van der Waals surface area contributed by atoms with Gasteiger partial charge in [0, 0.05) is 10.8 Å². The lowest BCUT2D eigenvalue weighted by atomic mass is 9.89. The number of hydrogen-bond acceptors (Lipinski definition) is 7. The van der Waals surface area contributed by atoms with E-state index in [-0.39, 0.29) is 11.5 Å². The highest BCUT2D eigenvalue weighted by Crippen LogP contribution is 2.36. The van der Waals surface area contributed by atoms with Crippen molar-refractivity contribution in [1.29, 1.82) is 0 Å². The summed E-state index contributed by atoms with van der Waals surface area (Å²) in [6.07, 6.45) is 2.28. The average Bonchev–Trinajstić information content (AvgIpc) is 3.21. The summed E-state index contributed by atoms with van der Waals surface area (Å²) in [5.74, 6) is 0.945. The normalized spacial score (nSPS) is 17.5. The number of hydrogen-bond donors (Lipinski definition) is 1. The smallest absolute Gasteiger partial charge is 0.344 e. The summed E-state index contributed by atoms with van der Waals surface area (Å²) in [4.78, 5) is 34.9. The summed E-state index contributed by atoms with van der Waals surface area (Å²) in [6.45, 7) is 9.49. The van der Waals surface area contributed by atoms with Gasteiger partial charge in [-0.1, -0.05) is 25.9 Å². The highest BCUT2D eigenvalue weighted by molar-refractivity contribution is 7.18. The molecule has 3 aromatic heterocycles. The standard InChI is InChI=1S/C21H25N3O4S/c1-9(2)17-15(11(4)24-28-17)21(26)27-12(5)18-22-19(25)16-13-7-6-10(3)8-14(13)29-20(16)23-18/h9-10,12H,6-8H2,1-5H3,(H,22,23,25)/t10-,12-/m1/s1. The van der Waals surface area contributed by atoms with Crippen LogP contribution < -0.4 is 5.56 Å². The Morgan fingerprint density at radius 2 is 2.10 bits per heavy atom. The van der Waals surface area contributed by atoms with Crippen LogP contribution in [0.15, 0.2) is 9.32 Å². The Morgan fingerprint density at radius 3 is 2.83 bits per heavy atom. The summed E-state index contributed by atoms with van der Waals surface area (Å²) in [6, 6.07) is 0. The number of H-pyrrole nitrogens is 1. The van der Waals surface area contributed by atoms with E-state index in [0.29, 0.717) is 34.1 Å². The van der Waals surface area contributed by atoms with Crippen LogP contribution in [0.2, 0.25) is 0 Å². The molecule has 3 aromatic rings. The third kappa shape index (κ3) is 3.50. The van der Waals surface area contributed by atoms with Gasteiger partial charge >= 0.3 is 5.97 Å². The molecule has 0 aliphatic heterocycles. The fourth-order valence-electron chi connectivity index (χ4n) is 3.86. The molecular formula is C21H25N3O4S. The second-order valence-electron chi connectivity index (χ2n) is 8.19. The monoisotopic (exact) mass is 415 g/mol. The second-order valence-corrected chi connectivity index (χ2v) is 9.28. The van der Waals surface area contributed by atoms with Crippen molar-refractivity contribution >= 4 is 27.5 Å². The third-order valence-corrected chi connectivity index (χ3v) is 6.62. The number of nitrogens with one attached hydrogen (secondary N) is 1. The molecule has 1 aliphatic rings. The minimum atomic E-state index is -0.702.